The van der Waals surface area contributed by atoms with Gasteiger partial charge in [-0.3, -0.25) is 0 Å². The van der Waals surface area contributed by atoms with Gasteiger partial charge in [0.15, 0.2) is 0 Å². The number of hydrogen-bond acceptors (Lipinski definition) is 1. The minimum Gasteiger partial charge on any atom is -0.391 e. The van der Waals surface area contributed by atoms with E-state index < -0.39 is 0 Å². The van der Waals surface area contributed by atoms with Crippen LogP contribution in [-0.4, -0.2) is 44.4 Å². The van der Waals surface area contributed by atoms with Crippen LogP contribution in [-0.2, 0) is 13.0 Å². The molecule has 1 fully saturated rings. The minimum absolute atomic E-state index is 0.316. The number of aliphatic hydroxyl groups is 1. The lowest BCUT2D eigenvalue weighted by atomic mass is 10.0. The van der Waals surface area contributed by atoms with E-state index in [0.29, 0.717) is 6.61 Å². The van der Waals surface area contributed by atoms with Crippen molar-refractivity contribution >= 4 is 0 Å². The third kappa shape index (κ3) is 3.05. The highest BCUT2D eigenvalue weighted by Crippen LogP contribution is 2.36. The normalized spacial score (nSPS) is 22.7. The molecule has 3 nitrogen and oxygen atoms in total. The van der Waals surface area contributed by atoms with Crippen molar-refractivity contribution in [2.45, 2.75) is 13.0 Å². The standard InChI is InChI=1S/C20H24N2O/c23-12-11-21-7-9-22(10-8-21)15-16-5-6-20-18(13-16)14-17-3-1-2-4-19(17)20/h1-6,13,23H,7-12,14-15H2/p+2. The predicted molar refractivity (Wildman–Crippen MR) is 91.7 cm³/mol. The summed E-state index contributed by atoms with van der Waals surface area (Å²) >= 11 is 0. The Bertz CT molecular complexity index is 690. The smallest absolute Gasteiger partial charge is 0.127 e. The molecule has 3 heteroatoms. The summed E-state index contributed by atoms with van der Waals surface area (Å²) in [6, 6.07) is 15.8. The average molecular weight is 310 g/mol. The van der Waals surface area contributed by atoms with E-state index in [0.717, 1.165) is 19.5 Å². The van der Waals surface area contributed by atoms with Gasteiger partial charge < -0.3 is 14.9 Å². The van der Waals surface area contributed by atoms with E-state index >= 15 is 0 Å². The van der Waals surface area contributed by atoms with Gasteiger partial charge >= 0.3 is 0 Å². The van der Waals surface area contributed by atoms with Crippen LogP contribution >= 0.6 is 0 Å². The number of hydrogen-bond donors (Lipinski definition) is 3. The number of piperazine rings is 1. The lowest BCUT2D eigenvalue weighted by Crippen LogP contribution is -3.27. The van der Waals surface area contributed by atoms with Crippen LogP contribution in [0.15, 0.2) is 42.5 Å². The molecule has 23 heavy (non-hydrogen) atoms. The van der Waals surface area contributed by atoms with E-state index in [-0.39, 0.29) is 0 Å². The van der Waals surface area contributed by atoms with E-state index in [9.17, 15) is 0 Å². The molecule has 3 N–H and O–H groups in total. The molecular weight excluding hydrogens is 284 g/mol. The Kier molecular flexibility index (Phi) is 4.17. The third-order valence-corrected chi connectivity index (χ3v) is 5.44. The van der Waals surface area contributed by atoms with Crippen molar-refractivity contribution in [3.8, 4) is 11.1 Å². The molecule has 1 aliphatic heterocycles. The summed E-state index contributed by atoms with van der Waals surface area (Å²) in [5.41, 5.74) is 7.28. The van der Waals surface area contributed by atoms with Gasteiger partial charge in [-0.05, 0) is 34.7 Å². The zero-order valence-corrected chi connectivity index (χ0v) is 13.6. The van der Waals surface area contributed by atoms with Crippen molar-refractivity contribution in [2.24, 2.45) is 0 Å². The summed E-state index contributed by atoms with van der Waals surface area (Å²) in [6.45, 7) is 7.16. The van der Waals surface area contributed by atoms with Gasteiger partial charge in [0.2, 0.25) is 0 Å². The molecule has 0 radical (unpaired) electrons. The second kappa shape index (κ2) is 6.44. The van der Waals surface area contributed by atoms with Crippen molar-refractivity contribution in [1.29, 1.82) is 0 Å². The highest BCUT2D eigenvalue weighted by Gasteiger charge is 2.23. The molecule has 0 bridgehead atoms. The number of fused-ring (bicyclic) bond motifs is 3. The molecule has 0 unspecified atom stereocenters. The van der Waals surface area contributed by atoms with E-state index in [1.165, 1.54) is 54.0 Å². The molecule has 0 atom stereocenters. The summed E-state index contributed by atoms with van der Waals surface area (Å²) < 4.78 is 0. The summed E-state index contributed by atoms with van der Waals surface area (Å²) in [7, 11) is 0. The Morgan fingerprint density at radius 2 is 1.57 bits per heavy atom. The summed E-state index contributed by atoms with van der Waals surface area (Å²) in [4.78, 5) is 3.24. The van der Waals surface area contributed by atoms with Crippen LogP contribution in [0.3, 0.4) is 0 Å². The highest BCUT2D eigenvalue weighted by molar-refractivity contribution is 5.76. The monoisotopic (exact) mass is 310 g/mol. The van der Waals surface area contributed by atoms with Crippen LogP contribution in [0.1, 0.15) is 16.7 Å². The number of benzene rings is 2. The number of quaternary nitrogens is 2. The van der Waals surface area contributed by atoms with Gasteiger partial charge in [-0.2, -0.15) is 0 Å². The Hall–Kier alpha value is -1.68. The van der Waals surface area contributed by atoms with Crippen molar-refractivity contribution < 1.29 is 14.9 Å². The van der Waals surface area contributed by atoms with Crippen molar-refractivity contribution in [3.63, 3.8) is 0 Å². The molecule has 0 saturated carbocycles. The molecule has 2 aliphatic rings. The summed E-state index contributed by atoms with van der Waals surface area (Å²) in [6.07, 6.45) is 1.09. The number of aliphatic hydroxyl groups excluding tert-OH is 1. The molecular formula is C20H26N2O+2. The zero-order valence-electron chi connectivity index (χ0n) is 13.6. The molecule has 0 amide bonds. The fraction of sp³-hybridized carbons (Fsp3) is 0.400. The first-order valence-electron chi connectivity index (χ1n) is 8.81. The lowest BCUT2D eigenvalue weighted by Gasteiger charge is -2.29. The molecule has 1 saturated heterocycles. The largest absolute Gasteiger partial charge is 0.391 e. The molecule has 0 aromatic heterocycles. The molecule has 1 heterocycles. The first-order chi connectivity index (χ1) is 11.3. The maximum atomic E-state index is 9.06. The minimum atomic E-state index is 0.316. The predicted octanol–water partition coefficient (Wildman–Crippen LogP) is -0.466. The van der Waals surface area contributed by atoms with Gasteiger partial charge in [0.25, 0.3) is 0 Å². The molecule has 4 rings (SSSR count). The van der Waals surface area contributed by atoms with E-state index in [1.807, 2.05) is 0 Å². The number of nitrogens with one attached hydrogen (secondary N) is 2. The van der Waals surface area contributed by atoms with Crippen molar-refractivity contribution in [2.75, 3.05) is 39.3 Å². The fourth-order valence-electron chi connectivity index (χ4n) is 4.14. The van der Waals surface area contributed by atoms with Gasteiger partial charge in [-0.15, -0.1) is 0 Å². The van der Waals surface area contributed by atoms with E-state index in [1.54, 1.807) is 9.80 Å². The van der Waals surface area contributed by atoms with Crippen LogP contribution in [0, 0.1) is 0 Å². The van der Waals surface area contributed by atoms with Gasteiger partial charge in [0.05, 0.1) is 6.61 Å². The molecule has 1 aliphatic carbocycles. The Balaban J connectivity index is 1.43. The molecule has 2 aromatic carbocycles. The third-order valence-electron chi connectivity index (χ3n) is 5.44. The van der Waals surface area contributed by atoms with Crippen LogP contribution < -0.4 is 9.80 Å². The van der Waals surface area contributed by atoms with Gasteiger partial charge in [-0.25, -0.2) is 0 Å². The molecule has 120 valence electrons. The van der Waals surface area contributed by atoms with Crippen LogP contribution in [0.4, 0.5) is 0 Å². The van der Waals surface area contributed by atoms with E-state index in [2.05, 4.69) is 42.5 Å². The van der Waals surface area contributed by atoms with Crippen molar-refractivity contribution in [1.82, 2.24) is 0 Å². The Labute approximate surface area is 138 Å². The molecule has 2 aromatic rings. The fourth-order valence-corrected chi connectivity index (χ4v) is 4.14. The quantitative estimate of drug-likeness (QED) is 0.598. The van der Waals surface area contributed by atoms with Crippen molar-refractivity contribution in [3.05, 3.63) is 59.2 Å². The summed E-state index contributed by atoms with van der Waals surface area (Å²) in [5, 5.41) is 9.06. The van der Waals surface area contributed by atoms with Gasteiger partial charge in [0, 0.05) is 5.56 Å². The lowest BCUT2D eigenvalue weighted by molar-refractivity contribution is -1.02. The maximum absolute atomic E-state index is 9.06. The zero-order chi connectivity index (χ0) is 15.6. The Morgan fingerprint density at radius 3 is 2.39 bits per heavy atom. The second-order valence-corrected chi connectivity index (χ2v) is 6.98. The van der Waals surface area contributed by atoms with Gasteiger partial charge in [0.1, 0.15) is 39.3 Å². The maximum Gasteiger partial charge on any atom is 0.127 e. The number of rotatable bonds is 4. The first kappa shape index (κ1) is 14.9. The summed E-state index contributed by atoms with van der Waals surface area (Å²) in [5.74, 6) is 0. The first-order valence-corrected chi connectivity index (χ1v) is 8.81. The van der Waals surface area contributed by atoms with Crippen LogP contribution in [0.5, 0.6) is 0 Å². The molecule has 0 spiro atoms. The van der Waals surface area contributed by atoms with Crippen LogP contribution in [0.25, 0.3) is 11.1 Å². The van der Waals surface area contributed by atoms with Crippen LogP contribution in [0.2, 0.25) is 0 Å². The van der Waals surface area contributed by atoms with E-state index in [4.69, 9.17) is 5.11 Å². The van der Waals surface area contributed by atoms with Gasteiger partial charge in [-0.1, -0.05) is 36.4 Å². The second-order valence-electron chi connectivity index (χ2n) is 6.98. The topological polar surface area (TPSA) is 29.1 Å². The SMILES string of the molecule is OCC[NH+]1CC[NH+](Cc2ccc3c(c2)Cc2ccccc2-3)CC1. The Morgan fingerprint density at radius 1 is 0.826 bits per heavy atom. The average Bonchev–Trinajstić information content (AvgIpc) is 2.94. The highest BCUT2D eigenvalue weighted by atomic mass is 16.3.